The lowest BCUT2D eigenvalue weighted by Crippen LogP contribution is -2.34. The Morgan fingerprint density at radius 3 is 2.53 bits per heavy atom. The molecule has 0 saturated heterocycles. The van der Waals surface area contributed by atoms with E-state index in [-0.39, 0.29) is 17.7 Å². The van der Waals surface area contributed by atoms with E-state index in [2.05, 4.69) is 24.8 Å². The number of methoxy groups -OCH3 is 2. The maximum atomic E-state index is 13.7. The molecule has 1 aliphatic rings. The summed E-state index contributed by atoms with van der Waals surface area (Å²) in [4.78, 5) is 14.1. The summed E-state index contributed by atoms with van der Waals surface area (Å²) in [6, 6.07) is 11.1. The van der Waals surface area contributed by atoms with Gasteiger partial charge in [0.1, 0.15) is 5.82 Å². The first-order valence-corrected chi connectivity index (χ1v) is 13.8. The number of hydrogen-bond donors (Lipinski definition) is 1. The minimum Gasteiger partial charge on any atom is -0.493 e. The largest absolute Gasteiger partial charge is 0.493 e. The van der Waals surface area contributed by atoms with E-state index in [1.54, 1.807) is 20.3 Å². The van der Waals surface area contributed by atoms with Crippen LogP contribution in [0.4, 0.5) is 4.39 Å². The van der Waals surface area contributed by atoms with Crippen molar-refractivity contribution in [1.29, 1.82) is 0 Å². The number of carboxylic acid groups (broad SMARTS) is 1. The van der Waals surface area contributed by atoms with Crippen LogP contribution in [0.25, 0.3) is 0 Å². The van der Waals surface area contributed by atoms with Gasteiger partial charge >= 0.3 is 5.97 Å². The van der Waals surface area contributed by atoms with E-state index in [0.717, 1.165) is 55.7 Å². The Labute approximate surface area is 227 Å². The Kier molecular flexibility index (Phi) is 11.4. The molecule has 0 fully saturated rings. The molecule has 0 amide bonds. The van der Waals surface area contributed by atoms with E-state index >= 15 is 0 Å². The summed E-state index contributed by atoms with van der Waals surface area (Å²) in [6.07, 6.45) is 4.29. The molecule has 3 rings (SSSR count). The van der Waals surface area contributed by atoms with Crippen LogP contribution in [0.3, 0.4) is 0 Å². The molecule has 38 heavy (non-hydrogen) atoms. The molecule has 3 atom stereocenters. The smallest absolute Gasteiger partial charge is 0.332 e. The van der Waals surface area contributed by atoms with Gasteiger partial charge in [0.05, 0.1) is 20.8 Å². The number of nitrogens with zero attached hydrogens (tertiary/aromatic N) is 1. The molecule has 7 heteroatoms. The van der Waals surface area contributed by atoms with Crippen molar-refractivity contribution in [3.05, 3.63) is 58.9 Å². The molecule has 0 aliphatic heterocycles. The number of carboxylic acids is 1. The molecule has 0 radical (unpaired) electrons. The van der Waals surface area contributed by atoms with E-state index in [1.807, 2.05) is 25.2 Å². The fourth-order valence-electron chi connectivity index (χ4n) is 5.70. The van der Waals surface area contributed by atoms with Gasteiger partial charge in [-0.15, -0.1) is 0 Å². The average Bonchev–Trinajstić information content (AvgIpc) is 2.90. The molecular weight excluding hydrogens is 485 g/mol. The monoisotopic (exact) mass is 529 g/mol. The normalized spacial score (nSPS) is 17.9. The Balaban J connectivity index is 1.44. The predicted molar refractivity (Wildman–Crippen MR) is 148 cm³/mol. The zero-order valence-corrected chi connectivity index (χ0v) is 23.5. The minimum absolute atomic E-state index is 0.197. The van der Waals surface area contributed by atoms with Gasteiger partial charge in [0.2, 0.25) is 0 Å². The van der Waals surface area contributed by atoms with Gasteiger partial charge in [-0.3, -0.25) is 0 Å². The second-order valence-electron chi connectivity index (χ2n) is 10.8. The van der Waals surface area contributed by atoms with Gasteiger partial charge in [0.25, 0.3) is 0 Å². The topological polar surface area (TPSA) is 68.2 Å². The minimum atomic E-state index is -0.911. The fraction of sp³-hybridized carbons (Fsp3) is 0.581. The highest BCUT2D eigenvalue weighted by Crippen LogP contribution is 2.41. The van der Waals surface area contributed by atoms with Crippen LogP contribution in [-0.2, 0) is 22.4 Å². The summed E-state index contributed by atoms with van der Waals surface area (Å²) < 4.78 is 30.4. The van der Waals surface area contributed by atoms with Gasteiger partial charge in [0.15, 0.2) is 17.6 Å². The molecule has 0 aromatic heterocycles. The third kappa shape index (κ3) is 8.18. The molecule has 0 saturated carbocycles. The average molecular weight is 530 g/mol. The predicted octanol–water partition coefficient (Wildman–Crippen LogP) is 5.96. The fourth-order valence-corrected chi connectivity index (χ4v) is 5.70. The quantitative estimate of drug-likeness (QED) is 0.287. The molecule has 1 N–H and O–H groups in total. The van der Waals surface area contributed by atoms with E-state index < -0.39 is 12.1 Å². The van der Waals surface area contributed by atoms with Crippen molar-refractivity contribution in [3.8, 4) is 11.5 Å². The number of aryl methyl sites for hydroxylation is 2. The van der Waals surface area contributed by atoms with Crippen LogP contribution in [0.2, 0.25) is 0 Å². The second kappa shape index (κ2) is 14.5. The third-order valence-electron chi connectivity index (χ3n) is 7.74. The van der Waals surface area contributed by atoms with E-state index in [9.17, 15) is 14.3 Å². The standard InChI is InChI=1S/C31H44FNO5/c1-21(2)30-24(11-10-23-19-25(32)12-13-26(23)30)20-38-28(31(34)35)15-17-33(3)16-7-6-8-22-9-14-27(36-4)29(18-22)37-5/h9,12-14,18-19,21,24,28,30H,6-8,10-11,15-17,20H2,1-5H3,(H,34,35)/t24?,28-,30-/m1/s1. The molecule has 1 unspecified atom stereocenters. The molecule has 0 heterocycles. The van der Waals surface area contributed by atoms with Gasteiger partial charge in [-0.1, -0.05) is 26.0 Å². The number of ether oxygens (including phenoxy) is 3. The molecule has 0 spiro atoms. The van der Waals surface area contributed by atoms with Crippen molar-refractivity contribution in [2.45, 2.75) is 64.4 Å². The van der Waals surface area contributed by atoms with E-state index in [1.165, 1.54) is 17.2 Å². The number of benzene rings is 2. The SMILES string of the molecule is COc1ccc(CCCCN(C)CC[C@@H](OCC2CCc3cc(F)ccc3[C@@H]2C(C)C)C(=O)O)cc1OC. The summed E-state index contributed by atoms with van der Waals surface area (Å²) in [5.41, 5.74) is 3.46. The first-order chi connectivity index (χ1) is 18.2. The van der Waals surface area contributed by atoms with E-state index in [4.69, 9.17) is 14.2 Å². The van der Waals surface area contributed by atoms with Crippen LogP contribution in [-0.4, -0.2) is 63.0 Å². The van der Waals surface area contributed by atoms with E-state index in [0.29, 0.717) is 25.5 Å². The van der Waals surface area contributed by atoms with Crippen molar-refractivity contribution >= 4 is 5.97 Å². The van der Waals surface area contributed by atoms with Crippen molar-refractivity contribution in [3.63, 3.8) is 0 Å². The van der Waals surface area contributed by atoms with Crippen LogP contribution in [0.1, 0.15) is 62.1 Å². The lowest BCUT2D eigenvalue weighted by atomic mass is 9.70. The highest BCUT2D eigenvalue weighted by atomic mass is 19.1. The van der Waals surface area contributed by atoms with Gasteiger partial charge in [-0.2, -0.15) is 0 Å². The molecule has 6 nitrogen and oxygen atoms in total. The molecule has 210 valence electrons. The number of halogens is 1. The third-order valence-corrected chi connectivity index (χ3v) is 7.74. The van der Waals surface area contributed by atoms with Gasteiger partial charge in [-0.25, -0.2) is 9.18 Å². The lowest BCUT2D eigenvalue weighted by Gasteiger charge is -2.36. The van der Waals surface area contributed by atoms with Crippen LogP contribution in [0, 0.1) is 17.7 Å². The number of rotatable bonds is 15. The lowest BCUT2D eigenvalue weighted by molar-refractivity contribution is -0.152. The number of aliphatic carboxylic acids is 1. The summed E-state index contributed by atoms with van der Waals surface area (Å²) in [5, 5.41) is 9.79. The molecular formula is C31H44FNO5. The maximum Gasteiger partial charge on any atom is 0.332 e. The van der Waals surface area contributed by atoms with Crippen molar-refractivity contribution in [1.82, 2.24) is 4.90 Å². The maximum absolute atomic E-state index is 13.7. The summed E-state index contributed by atoms with van der Waals surface area (Å²) >= 11 is 0. The summed E-state index contributed by atoms with van der Waals surface area (Å²) in [5.74, 6) is 1.19. The molecule has 0 bridgehead atoms. The van der Waals surface area contributed by atoms with Crippen LogP contribution in [0.15, 0.2) is 36.4 Å². The summed E-state index contributed by atoms with van der Waals surface area (Å²) in [6.45, 7) is 6.31. The van der Waals surface area contributed by atoms with Crippen molar-refractivity contribution in [2.24, 2.45) is 11.8 Å². The Morgan fingerprint density at radius 1 is 1.08 bits per heavy atom. The Hall–Kier alpha value is -2.64. The highest BCUT2D eigenvalue weighted by molar-refractivity contribution is 5.72. The first kappa shape index (κ1) is 29.9. The van der Waals surface area contributed by atoms with Crippen LogP contribution < -0.4 is 9.47 Å². The zero-order valence-electron chi connectivity index (χ0n) is 23.5. The number of carbonyl (C=O) groups is 1. The second-order valence-corrected chi connectivity index (χ2v) is 10.8. The number of unbranched alkanes of at least 4 members (excludes halogenated alkanes) is 1. The Bertz CT molecular complexity index is 1040. The van der Waals surface area contributed by atoms with Crippen LogP contribution >= 0.6 is 0 Å². The molecule has 2 aromatic rings. The highest BCUT2D eigenvalue weighted by Gasteiger charge is 2.33. The number of hydrogen-bond acceptors (Lipinski definition) is 5. The number of fused-ring (bicyclic) bond motifs is 1. The van der Waals surface area contributed by atoms with Gasteiger partial charge < -0.3 is 24.2 Å². The van der Waals surface area contributed by atoms with Crippen molar-refractivity contribution < 1.29 is 28.5 Å². The van der Waals surface area contributed by atoms with Gasteiger partial charge in [0, 0.05) is 6.54 Å². The van der Waals surface area contributed by atoms with Crippen molar-refractivity contribution in [2.75, 3.05) is 41.0 Å². The molecule has 1 aliphatic carbocycles. The van der Waals surface area contributed by atoms with Crippen LogP contribution in [0.5, 0.6) is 11.5 Å². The zero-order chi connectivity index (χ0) is 27.7. The molecule has 2 aromatic carbocycles. The Morgan fingerprint density at radius 2 is 1.84 bits per heavy atom. The van der Waals surface area contributed by atoms with Gasteiger partial charge in [-0.05, 0) is 111 Å². The first-order valence-electron chi connectivity index (χ1n) is 13.8. The summed E-state index contributed by atoms with van der Waals surface area (Å²) in [7, 11) is 5.30.